The molecule has 1 N–H and O–H groups in total. The van der Waals surface area contributed by atoms with Crippen molar-refractivity contribution in [2.45, 2.75) is 32.7 Å². The van der Waals surface area contributed by atoms with E-state index in [0.29, 0.717) is 36.8 Å². The van der Waals surface area contributed by atoms with Gasteiger partial charge in [-0.2, -0.15) is 0 Å². The highest BCUT2D eigenvalue weighted by Gasteiger charge is 2.29. The highest BCUT2D eigenvalue weighted by atomic mass is 16.5. The average molecular weight is 488 g/mol. The Morgan fingerprint density at radius 1 is 1.14 bits per heavy atom. The van der Waals surface area contributed by atoms with Gasteiger partial charge in [0, 0.05) is 49.4 Å². The smallest absolute Gasteiger partial charge is 0.341 e. The Morgan fingerprint density at radius 2 is 1.94 bits per heavy atom. The number of aromatic carboxylic acids is 1. The number of fused-ring (bicyclic) bond motifs is 4. The van der Waals surface area contributed by atoms with E-state index in [1.54, 1.807) is 7.11 Å². The van der Waals surface area contributed by atoms with Crippen LogP contribution in [0.4, 0.5) is 0 Å². The number of benzene rings is 2. The van der Waals surface area contributed by atoms with Gasteiger partial charge in [0.25, 0.3) is 0 Å². The van der Waals surface area contributed by atoms with Crippen molar-refractivity contribution in [2.24, 2.45) is 5.92 Å². The molecule has 3 heterocycles. The zero-order chi connectivity index (χ0) is 25.4. The van der Waals surface area contributed by atoms with Crippen molar-refractivity contribution in [3.8, 4) is 28.3 Å². The Hall–Kier alpha value is -3.84. The largest absolute Gasteiger partial charge is 0.493 e. The second-order valence-electron chi connectivity index (χ2n) is 9.51. The van der Waals surface area contributed by atoms with Gasteiger partial charge in [-0.25, -0.2) is 4.79 Å². The van der Waals surface area contributed by atoms with Crippen molar-refractivity contribution in [3.63, 3.8) is 0 Å². The van der Waals surface area contributed by atoms with Crippen LogP contribution in [-0.2, 0) is 11.2 Å². The third-order valence-corrected chi connectivity index (χ3v) is 6.79. The van der Waals surface area contributed by atoms with Crippen LogP contribution in [0.1, 0.15) is 42.2 Å². The number of aromatic nitrogens is 1. The molecule has 4 aromatic rings. The van der Waals surface area contributed by atoms with Crippen molar-refractivity contribution in [2.75, 3.05) is 20.3 Å². The Labute approximate surface area is 208 Å². The average Bonchev–Trinajstić information content (AvgIpc) is 3.29. The quantitative estimate of drug-likeness (QED) is 0.316. The third-order valence-electron chi connectivity index (χ3n) is 6.79. The van der Waals surface area contributed by atoms with Crippen molar-refractivity contribution >= 4 is 16.9 Å². The second kappa shape index (κ2) is 9.66. The van der Waals surface area contributed by atoms with Gasteiger partial charge < -0.3 is 23.6 Å². The number of furan rings is 1. The standard InChI is InChI=1S/C29H29NO6/c1-17(2)23-11-19-13-27(35-10-6-9-34-3)21(28-12-18-7-4-5-8-26(18)36-28)14-20(19)24-15-25(31)22(29(32)33)16-30(23)24/h4-5,7-8,12-17,23H,6,9-11H2,1-3H3,(H,32,33). The van der Waals surface area contributed by atoms with Crippen LogP contribution >= 0.6 is 0 Å². The van der Waals surface area contributed by atoms with Gasteiger partial charge in [-0.15, -0.1) is 0 Å². The maximum Gasteiger partial charge on any atom is 0.341 e. The van der Waals surface area contributed by atoms with Crippen LogP contribution in [0.25, 0.3) is 33.6 Å². The zero-order valence-electron chi connectivity index (χ0n) is 20.6. The molecule has 0 saturated heterocycles. The topological polar surface area (TPSA) is 90.9 Å². The van der Waals surface area contributed by atoms with Gasteiger partial charge in [0.2, 0.25) is 0 Å². The minimum absolute atomic E-state index is 0.00425. The van der Waals surface area contributed by atoms with E-state index in [1.807, 2.05) is 47.0 Å². The number of pyridine rings is 1. The minimum Gasteiger partial charge on any atom is -0.493 e. The lowest BCUT2D eigenvalue weighted by molar-refractivity contribution is 0.0694. The summed E-state index contributed by atoms with van der Waals surface area (Å²) in [6, 6.07) is 15.3. The first-order valence-corrected chi connectivity index (χ1v) is 12.1. The number of para-hydroxylation sites is 1. The molecule has 1 aliphatic rings. The van der Waals surface area contributed by atoms with Gasteiger partial charge in [-0.05, 0) is 42.2 Å². The van der Waals surface area contributed by atoms with Crippen molar-refractivity contribution in [3.05, 3.63) is 76.1 Å². The fourth-order valence-corrected chi connectivity index (χ4v) is 4.92. The monoisotopic (exact) mass is 487 g/mol. The normalized spacial score (nSPS) is 14.6. The van der Waals surface area contributed by atoms with Gasteiger partial charge in [0.1, 0.15) is 22.7 Å². The molecule has 36 heavy (non-hydrogen) atoms. The van der Waals surface area contributed by atoms with Crippen molar-refractivity contribution < 1.29 is 23.8 Å². The summed E-state index contributed by atoms with van der Waals surface area (Å²) in [7, 11) is 1.67. The maximum atomic E-state index is 12.7. The van der Waals surface area contributed by atoms with E-state index in [2.05, 4.69) is 13.8 Å². The fourth-order valence-electron chi connectivity index (χ4n) is 4.92. The first kappa shape index (κ1) is 23.9. The number of carboxylic acid groups (broad SMARTS) is 1. The van der Waals surface area contributed by atoms with Crippen molar-refractivity contribution in [1.29, 1.82) is 0 Å². The summed E-state index contributed by atoms with van der Waals surface area (Å²) >= 11 is 0. The molecular weight excluding hydrogens is 458 g/mol. The van der Waals surface area contributed by atoms with E-state index < -0.39 is 11.4 Å². The lowest BCUT2D eigenvalue weighted by atomic mass is 9.86. The molecule has 0 fully saturated rings. The van der Waals surface area contributed by atoms with Crippen LogP contribution in [0.15, 0.2) is 63.9 Å². The van der Waals surface area contributed by atoms with E-state index in [0.717, 1.165) is 34.1 Å². The summed E-state index contributed by atoms with van der Waals surface area (Å²) in [5, 5.41) is 10.5. The zero-order valence-corrected chi connectivity index (χ0v) is 20.6. The predicted molar refractivity (Wildman–Crippen MR) is 138 cm³/mol. The molecule has 0 radical (unpaired) electrons. The van der Waals surface area contributed by atoms with Crippen LogP contribution in [0.3, 0.4) is 0 Å². The number of hydrogen-bond acceptors (Lipinski definition) is 5. The van der Waals surface area contributed by atoms with E-state index >= 15 is 0 Å². The number of hydrogen-bond donors (Lipinski definition) is 1. The molecule has 0 spiro atoms. The molecule has 1 aliphatic heterocycles. The van der Waals surface area contributed by atoms with Gasteiger partial charge in [-0.3, -0.25) is 4.79 Å². The Bertz CT molecular complexity index is 1460. The molecule has 2 aromatic heterocycles. The van der Waals surface area contributed by atoms with Crippen LogP contribution in [0.5, 0.6) is 5.75 Å². The maximum absolute atomic E-state index is 12.7. The van der Waals surface area contributed by atoms with Gasteiger partial charge in [0.05, 0.1) is 17.9 Å². The number of carboxylic acids is 1. The molecule has 1 unspecified atom stereocenters. The lowest BCUT2D eigenvalue weighted by Gasteiger charge is -2.34. The molecular formula is C29H29NO6. The summed E-state index contributed by atoms with van der Waals surface area (Å²) in [5.74, 6) is 0.390. The Morgan fingerprint density at radius 3 is 2.67 bits per heavy atom. The second-order valence-corrected chi connectivity index (χ2v) is 9.51. The van der Waals surface area contributed by atoms with Crippen molar-refractivity contribution in [1.82, 2.24) is 4.57 Å². The molecule has 7 heteroatoms. The highest BCUT2D eigenvalue weighted by Crippen LogP contribution is 2.44. The molecule has 0 amide bonds. The SMILES string of the molecule is COCCCOc1cc2c(cc1-c1cc3ccccc3o1)-c1cc(=O)c(C(=O)O)cn1C(C(C)C)C2. The molecule has 0 saturated carbocycles. The van der Waals surface area contributed by atoms with E-state index in [4.69, 9.17) is 13.9 Å². The third kappa shape index (κ3) is 4.31. The summed E-state index contributed by atoms with van der Waals surface area (Å²) in [6.45, 7) is 5.29. The summed E-state index contributed by atoms with van der Waals surface area (Å²) in [6.07, 6.45) is 2.93. The van der Waals surface area contributed by atoms with Gasteiger partial charge in [-0.1, -0.05) is 32.0 Å². The van der Waals surface area contributed by atoms with Crippen LogP contribution in [-0.4, -0.2) is 36.0 Å². The fraction of sp³-hybridized carbons (Fsp3) is 0.310. The van der Waals surface area contributed by atoms with Crippen LogP contribution in [0, 0.1) is 5.92 Å². The summed E-state index contributed by atoms with van der Waals surface area (Å²) < 4.78 is 19.5. The molecule has 0 bridgehead atoms. The molecule has 7 nitrogen and oxygen atoms in total. The molecule has 0 aliphatic carbocycles. The van der Waals surface area contributed by atoms with Crippen LogP contribution < -0.4 is 10.2 Å². The highest BCUT2D eigenvalue weighted by molar-refractivity contribution is 5.89. The first-order chi connectivity index (χ1) is 17.4. The molecule has 2 aromatic carbocycles. The summed E-state index contributed by atoms with van der Waals surface area (Å²) in [5.41, 5.74) is 3.47. The number of rotatable bonds is 8. The molecule has 186 valence electrons. The lowest BCUT2D eigenvalue weighted by Crippen LogP contribution is -2.28. The van der Waals surface area contributed by atoms with E-state index in [1.165, 1.54) is 12.3 Å². The van der Waals surface area contributed by atoms with E-state index in [9.17, 15) is 14.7 Å². The van der Waals surface area contributed by atoms with Crippen LogP contribution in [0.2, 0.25) is 0 Å². The minimum atomic E-state index is -1.22. The summed E-state index contributed by atoms with van der Waals surface area (Å²) in [4.78, 5) is 24.4. The van der Waals surface area contributed by atoms with Gasteiger partial charge >= 0.3 is 5.97 Å². The molecule has 5 rings (SSSR count). The van der Waals surface area contributed by atoms with Gasteiger partial charge in [0.15, 0.2) is 5.43 Å². The van der Waals surface area contributed by atoms with E-state index in [-0.39, 0.29) is 17.5 Å². The number of ether oxygens (including phenoxy) is 2. The number of carbonyl (C=O) groups is 1. The Balaban J connectivity index is 1.70. The Kier molecular flexibility index (Phi) is 6.41. The number of nitrogens with zero attached hydrogens (tertiary/aromatic N) is 1. The molecule has 1 atom stereocenters. The number of methoxy groups -OCH3 is 1. The first-order valence-electron chi connectivity index (χ1n) is 12.1. The predicted octanol–water partition coefficient (Wildman–Crippen LogP) is 5.80.